The largest absolute Gasteiger partial charge is 0.311 e. The summed E-state index contributed by atoms with van der Waals surface area (Å²) in [5.41, 5.74) is 0.513. The highest BCUT2D eigenvalue weighted by Crippen LogP contribution is 2.35. The number of nitrogens with zero attached hydrogens (tertiary/aromatic N) is 1. The second-order valence-corrected chi connectivity index (χ2v) is 6.90. The van der Waals surface area contributed by atoms with E-state index in [4.69, 9.17) is 0 Å². The minimum atomic E-state index is 0.513. The molecule has 1 saturated heterocycles. The van der Waals surface area contributed by atoms with E-state index in [0.29, 0.717) is 5.54 Å². The minimum absolute atomic E-state index is 0.513. The highest BCUT2D eigenvalue weighted by Gasteiger charge is 2.41. The van der Waals surface area contributed by atoms with Crippen LogP contribution < -0.4 is 5.32 Å². The smallest absolute Gasteiger partial charge is 0.0334 e. The summed E-state index contributed by atoms with van der Waals surface area (Å²) in [6.45, 7) is 10.9. The molecule has 2 nitrogen and oxygen atoms in total. The van der Waals surface area contributed by atoms with E-state index >= 15 is 0 Å². The molecule has 1 N–H and O–H groups in total. The zero-order valence-corrected chi connectivity index (χ0v) is 12.7. The van der Waals surface area contributed by atoms with E-state index in [1.54, 1.807) is 0 Å². The van der Waals surface area contributed by atoms with Gasteiger partial charge in [0.15, 0.2) is 0 Å². The van der Waals surface area contributed by atoms with Crippen molar-refractivity contribution < 1.29 is 0 Å². The van der Waals surface area contributed by atoms with Crippen LogP contribution in [0.2, 0.25) is 0 Å². The molecule has 1 heterocycles. The van der Waals surface area contributed by atoms with E-state index in [0.717, 1.165) is 12.0 Å². The van der Waals surface area contributed by atoms with Crippen LogP contribution in [0, 0.1) is 5.92 Å². The lowest BCUT2D eigenvalue weighted by Gasteiger charge is -2.52. The van der Waals surface area contributed by atoms with Gasteiger partial charge in [-0.25, -0.2) is 0 Å². The van der Waals surface area contributed by atoms with Crippen LogP contribution in [0.25, 0.3) is 0 Å². The summed E-state index contributed by atoms with van der Waals surface area (Å²) in [5.74, 6) is 0.834. The molecule has 0 aromatic rings. The van der Waals surface area contributed by atoms with Crippen LogP contribution >= 0.6 is 0 Å². The molecule has 106 valence electrons. The average Bonchev–Trinajstić information content (AvgIpc) is 2.39. The normalized spacial score (nSPS) is 29.0. The van der Waals surface area contributed by atoms with Crippen LogP contribution in [-0.2, 0) is 0 Å². The van der Waals surface area contributed by atoms with Gasteiger partial charge in [-0.3, -0.25) is 4.90 Å². The van der Waals surface area contributed by atoms with Gasteiger partial charge < -0.3 is 5.32 Å². The average molecular weight is 252 g/mol. The standard InChI is InChI=1S/C16H32N2/c1-4-15-12-18(11-8-14(2)3)16(13-17-15)9-6-5-7-10-16/h14-15,17H,4-13H2,1-3H3. The van der Waals surface area contributed by atoms with Crippen molar-refractivity contribution >= 4 is 0 Å². The van der Waals surface area contributed by atoms with Crippen LogP contribution in [0.15, 0.2) is 0 Å². The summed E-state index contributed by atoms with van der Waals surface area (Å²) in [5, 5.41) is 3.81. The molecular formula is C16H32N2. The number of hydrogen-bond acceptors (Lipinski definition) is 2. The molecular weight excluding hydrogens is 220 g/mol. The Kier molecular flexibility index (Phi) is 5.08. The number of piperazine rings is 1. The molecule has 0 radical (unpaired) electrons. The molecule has 1 atom stereocenters. The van der Waals surface area contributed by atoms with Gasteiger partial charge in [-0.15, -0.1) is 0 Å². The fraction of sp³-hybridized carbons (Fsp3) is 1.00. The first-order valence-corrected chi connectivity index (χ1v) is 8.15. The Hall–Kier alpha value is -0.0800. The second kappa shape index (κ2) is 6.38. The van der Waals surface area contributed by atoms with Crippen molar-refractivity contribution in [3.8, 4) is 0 Å². The first-order chi connectivity index (χ1) is 8.66. The van der Waals surface area contributed by atoms with Crippen LogP contribution in [0.4, 0.5) is 0 Å². The van der Waals surface area contributed by atoms with Gasteiger partial charge in [-0.1, -0.05) is 40.0 Å². The maximum absolute atomic E-state index is 3.81. The van der Waals surface area contributed by atoms with Crippen molar-refractivity contribution in [3.05, 3.63) is 0 Å². The lowest BCUT2D eigenvalue weighted by Crippen LogP contribution is -2.65. The zero-order chi connectivity index (χ0) is 13.0. The van der Waals surface area contributed by atoms with E-state index in [1.165, 1.54) is 64.6 Å². The van der Waals surface area contributed by atoms with Crippen molar-refractivity contribution in [3.63, 3.8) is 0 Å². The zero-order valence-electron chi connectivity index (χ0n) is 12.7. The Balaban J connectivity index is 2.00. The number of rotatable bonds is 4. The fourth-order valence-corrected chi connectivity index (χ4v) is 3.69. The summed E-state index contributed by atoms with van der Waals surface area (Å²) in [7, 11) is 0. The van der Waals surface area contributed by atoms with E-state index in [9.17, 15) is 0 Å². The number of nitrogens with one attached hydrogen (secondary N) is 1. The summed E-state index contributed by atoms with van der Waals surface area (Å²) in [4.78, 5) is 2.86. The van der Waals surface area contributed by atoms with Gasteiger partial charge in [0, 0.05) is 24.7 Å². The second-order valence-electron chi connectivity index (χ2n) is 6.90. The van der Waals surface area contributed by atoms with E-state index in [1.807, 2.05) is 0 Å². The van der Waals surface area contributed by atoms with Crippen LogP contribution in [0.5, 0.6) is 0 Å². The Morgan fingerprint density at radius 3 is 2.56 bits per heavy atom. The molecule has 2 rings (SSSR count). The van der Waals surface area contributed by atoms with Crippen molar-refractivity contribution in [1.82, 2.24) is 10.2 Å². The molecule has 1 unspecified atom stereocenters. The number of hydrogen-bond donors (Lipinski definition) is 1. The third-order valence-electron chi connectivity index (χ3n) is 5.08. The predicted octanol–water partition coefficient (Wildman–Crippen LogP) is 3.42. The van der Waals surface area contributed by atoms with Crippen LogP contribution in [-0.4, -0.2) is 36.1 Å². The van der Waals surface area contributed by atoms with Crippen molar-refractivity contribution in [2.75, 3.05) is 19.6 Å². The molecule has 0 aromatic carbocycles. The third kappa shape index (κ3) is 3.27. The van der Waals surface area contributed by atoms with E-state index in [-0.39, 0.29) is 0 Å². The molecule has 0 amide bonds. The molecule has 1 aliphatic carbocycles. The maximum Gasteiger partial charge on any atom is 0.0334 e. The Morgan fingerprint density at radius 2 is 1.94 bits per heavy atom. The Morgan fingerprint density at radius 1 is 1.22 bits per heavy atom. The third-order valence-corrected chi connectivity index (χ3v) is 5.08. The van der Waals surface area contributed by atoms with Crippen molar-refractivity contribution in [2.45, 2.75) is 77.3 Å². The summed E-state index contributed by atoms with van der Waals surface area (Å²) >= 11 is 0. The molecule has 2 fully saturated rings. The molecule has 2 heteroatoms. The Labute approximate surface area is 114 Å². The van der Waals surface area contributed by atoms with Crippen molar-refractivity contribution in [2.24, 2.45) is 5.92 Å². The first-order valence-electron chi connectivity index (χ1n) is 8.15. The van der Waals surface area contributed by atoms with Gasteiger partial charge >= 0.3 is 0 Å². The Bertz CT molecular complexity index is 243. The van der Waals surface area contributed by atoms with Gasteiger partial charge in [0.05, 0.1) is 0 Å². The van der Waals surface area contributed by atoms with Crippen LogP contribution in [0.1, 0.15) is 65.7 Å². The van der Waals surface area contributed by atoms with E-state index in [2.05, 4.69) is 31.0 Å². The van der Waals surface area contributed by atoms with Gasteiger partial charge in [-0.05, 0) is 38.1 Å². The SMILES string of the molecule is CCC1CN(CCC(C)C)C2(CCCCC2)CN1. The summed E-state index contributed by atoms with van der Waals surface area (Å²) in [6.07, 6.45) is 9.82. The lowest BCUT2D eigenvalue weighted by molar-refractivity contribution is 0.00636. The minimum Gasteiger partial charge on any atom is -0.311 e. The van der Waals surface area contributed by atoms with Crippen LogP contribution in [0.3, 0.4) is 0 Å². The topological polar surface area (TPSA) is 15.3 Å². The molecule has 2 aliphatic rings. The van der Waals surface area contributed by atoms with Crippen molar-refractivity contribution in [1.29, 1.82) is 0 Å². The summed E-state index contributed by atoms with van der Waals surface area (Å²) < 4.78 is 0. The molecule has 1 saturated carbocycles. The fourth-order valence-electron chi connectivity index (χ4n) is 3.69. The first kappa shape index (κ1) is 14.3. The lowest BCUT2D eigenvalue weighted by atomic mass is 9.78. The maximum atomic E-state index is 3.81. The van der Waals surface area contributed by atoms with Gasteiger partial charge in [0.1, 0.15) is 0 Å². The summed E-state index contributed by atoms with van der Waals surface area (Å²) in [6, 6.07) is 0.727. The molecule has 18 heavy (non-hydrogen) atoms. The molecule has 1 spiro atoms. The highest BCUT2D eigenvalue weighted by molar-refractivity contribution is 5.00. The molecule has 0 aromatic heterocycles. The quantitative estimate of drug-likeness (QED) is 0.825. The monoisotopic (exact) mass is 252 g/mol. The van der Waals surface area contributed by atoms with Gasteiger partial charge in [-0.2, -0.15) is 0 Å². The molecule has 0 bridgehead atoms. The predicted molar refractivity (Wildman–Crippen MR) is 78.9 cm³/mol. The van der Waals surface area contributed by atoms with E-state index < -0.39 is 0 Å². The van der Waals surface area contributed by atoms with Gasteiger partial charge in [0.2, 0.25) is 0 Å². The highest BCUT2D eigenvalue weighted by atomic mass is 15.3. The molecule has 1 aliphatic heterocycles. The van der Waals surface area contributed by atoms with Gasteiger partial charge in [0.25, 0.3) is 0 Å².